The first kappa shape index (κ1) is 8.02. The zero-order valence-electron chi connectivity index (χ0n) is 8.38. The number of carbonyl (C=O) groups is 1. The van der Waals surface area contributed by atoms with Crippen molar-refractivity contribution in [3.8, 4) is 0 Å². The number of rotatable bonds is 0. The van der Waals surface area contributed by atoms with Gasteiger partial charge < -0.3 is 0 Å². The molecule has 3 aliphatic carbocycles. The Morgan fingerprint density at radius 2 is 2.15 bits per heavy atom. The van der Waals surface area contributed by atoms with E-state index in [-0.39, 0.29) is 5.41 Å². The molecule has 0 aliphatic heterocycles. The second kappa shape index (κ2) is 2.37. The smallest absolute Gasteiger partial charge is 0.142 e. The Bertz CT molecular complexity index is 258. The second-order valence-corrected chi connectivity index (χ2v) is 5.54. The summed E-state index contributed by atoms with van der Waals surface area (Å²) in [6.45, 7) is 2.13. The third-order valence-corrected chi connectivity index (χ3v) is 4.94. The molecule has 0 aromatic heterocycles. The molecular formula is C12H18O. The van der Waals surface area contributed by atoms with E-state index in [4.69, 9.17) is 0 Å². The Labute approximate surface area is 79.9 Å². The largest absolute Gasteiger partial charge is 0.299 e. The normalized spacial score (nSPS) is 53.9. The van der Waals surface area contributed by atoms with Crippen LogP contribution in [0.5, 0.6) is 0 Å². The number of hydrogen-bond acceptors (Lipinski definition) is 1. The van der Waals surface area contributed by atoms with Crippen LogP contribution in [0.3, 0.4) is 0 Å². The first-order valence-corrected chi connectivity index (χ1v) is 5.77. The number of Topliss-reactive ketones (excluding diaryl/α,β-unsaturated/α-hetero) is 1. The van der Waals surface area contributed by atoms with Gasteiger partial charge in [0.2, 0.25) is 0 Å². The van der Waals surface area contributed by atoms with E-state index in [1.54, 1.807) is 0 Å². The average molecular weight is 178 g/mol. The van der Waals surface area contributed by atoms with Gasteiger partial charge in [0.1, 0.15) is 5.78 Å². The highest BCUT2D eigenvalue weighted by Crippen LogP contribution is 2.61. The maximum atomic E-state index is 12.1. The summed E-state index contributed by atoms with van der Waals surface area (Å²) in [6.07, 6.45) is 7.77. The molecular weight excluding hydrogens is 160 g/mol. The van der Waals surface area contributed by atoms with Crippen molar-refractivity contribution >= 4 is 5.78 Å². The second-order valence-electron chi connectivity index (χ2n) is 5.54. The zero-order valence-corrected chi connectivity index (χ0v) is 8.38. The highest BCUT2D eigenvalue weighted by atomic mass is 16.1. The standard InChI is InChI=1S/C12H18O/c1-8-4-5-12(11(8)13)7-9-2-3-10(12)6-9/h8-10H,2-7H2,1H3. The molecule has 0 saturated heterocycles. The predicted octanol–water partition coefficient (Wildman–Crippen LogP) is 2.79. The van der Waals surface area contributed by atoms with Crippen molar-refractivity contribution < 1.29 is 4.79 Å². The molecule has 72 valence electrons. The molecule has 3 fully saturated rings. The molecule has 2 bridgehead atoms. The summed E-state index contributed by atoms with van der Waals surface area (Å²) < 4.78 is 0. The van der Waals surface area contributed by atoms with E-state index in [9.17, 15) is 4.79 Å². The first-order valence-electron chi connectivity index (χ1n) is 5.77. The van der Waals surface area contributed by atoms with Crippen molar-refractivity contribution in [3.05, 3.63) is 0 Å². The Balaban J connectivity index is 1.94. The predicted molar refractivity (Wildman–Crippen MR) is 51.3 cm³/mol. The number of carbonyl (C=O) groups excluding carboxylic acids is 1. The van der Waals surface area contributed by atoms with Gasteiger partial charge in [0.05, 0.1) is 0 Å². The molecule has 0 amide bonds. The first-order chi connectivity index (χ1) is 6.22. The minimum Gasteiger partial charge on any atom is -0.299 e. The lowest BCUT2D eigenvalue weighted by atomic mass is 9.71. The summed E-state index contributed by atoms with van der Waals surface area (Å²) in [6, 6.07) is 0. The van der Waals surface area contributed by atoms with Crippen molar-refractivity contribution in [1.82, 2.24) is 0 Å². The molecule has 3 saturated carbocycles. The van der Waals surface area contributed by atoms with Gasteiger partial charge in [0.25, 0.3) is 0 Å². The number of fused-ring (bicyclic) bond motifs is 3. The number of hydrogen-bond donors (Lipinski definition) is 0. The van der Waals surface area contributed by atoms with E-state index >= 15 is 0 Å². The van der Waals surface area contributed by atoms with Crippen molar-refractivity contribution in [2.24, 2.45) is 23.2 Å². The van der Waals surface area contributed by atoms with Crippen LogP contribution in [0, 0.1) is 23.2 Å². The SMILES string of the molecule is CC1CCC2(CC3CCC2C3)C1=O. The Hall–Kier alpha value is -0.330. The quantitative estimate of drug-likeness (QED) is 0.557. The summed E-state index contributed by atoms with van der Waals surface area (Å²) in [5.74, 6) is 2.70. The highest BCUT2D eigenvalue weighted by molar-refractivity contribution is 5.89. The summed E-state index contributed by atoms with van der Waals surface area (Å²) in [5.41, 5.74) is 0.197. The van der Waals surface area contributed by atoms with Gasteiger partial charge in [-0.1, -0.05) is 13.3 Å². The molecule has 3 rings (SSSR count). The molecule has 0 N–H and O–H groups in total. The summed E-state index contributed by atoms with van der Waals surface area (Å²) in [4.78, 5) is 12.1. The molecule has 0 radical (unpaired) electrons. The Kier molecular flexibility index (Phi) is 1.46. The minimum absolute atomic E-state index is 0.197. The van der Waals surface area contributed by atoms with Gasteiger partial charge in [-0.15, -0.1) is 0 Å². The van der Waals surface area contributed by atoms with Crippen molar-refractivity contribution in [3.63, 3.8) is 0 Å². The van der Waals surface area contributed by atoms with Crippen LogP contribution in [0.4, 0.5) is 0 Å². The molecule has 1 nitrogen and oxygen atoms in total. The van der Waals surface area contributed by atoms with Crippen LogP contribution in [0.1, 0.15) is 45.4 Å². The number of ketones is 1. The fourth-order valence-electron chi connectivity index (χ4n) is 4.27. The maximum absolute atomic E-state index is 12.1. The van der Waals surface area contributed by atoms with Crippen molar-refractivity contribution in [2.45, 2.75) is 45.4 Å². The zero-order chi connectivity index (χ0) is 9.05. The van der Waals surface area contributed by atoms with Gasteiger partial charge >= 0.3 is 0 Å². The highest BCUT2D eigenvalue weighted by Gasteiger charge is 2.58. The average Bonchev–Trinajstić information content (AvgIpc) is 2.77. The van der Waals surface area contributed by atoms with Gasteiger partial charge in [-0.25, -0.2) is 0 Å². The van der Waals surface area contributed by atoms with Crippen LogP contribution in [0.2, 0.25) is 0 Å². The molecule has 0 aromatic rings. The summed E-state index contributed by atoms with van der Waals surface area (Å²) in [5, 5.41) is 0. The van der Waals surface area contributed by atoms with Crippen molar-refractivity contribution in [2.75, 3.05) is 0 Å². The summed E-state index contributed by atoms with van der Waals surface area (Å²) >= 11 is 0. The molecule has 4 unspecified atom stereocenters. The van der Waals surface area contributed by atoms with E-state index in [2.05, 4.69) is 6.92 Å². The lowest BCUT2D eigenvalue weighted by Gasteiger charge is -2.32. The molecule has 3 aliphatic rings. The molecule has 0 aromatic carbocycles. The fourth-order valence-corrected chi connectivity index (χ4v) is 4.27. The molecule has 1 spiro atoms. The van der Waals surface area contributed by atoms with Crippen molar-refractivity contribution in [1.29, 1.82) is 0 Å². The van der Waals surface area contributed by atoms with Crippen LogP contribution in [-0.4, -0.2) is 5.78 Å². The minimum atomic E-state index is 0.197. The Morgan fingerprint density at radius 3 is 2.62 bits per heavy atom. The van der Waals surface area contributed by atoms with Crippen LogP contribution in [0.25, 0.3) is 0 Å². The van der Waals surface area contributed by atoms with E-state index in [0.717, 1.165) is 11.8 Å². The lowest BCUT2D eigenvalue weighted by molar-refractivity contribution is -0.131. The maximum Gasteiger partial charge on any atom is 0.142 e. The summed E-state index contributed by atoms with van der Waals surface area (Å²) in [7, 11) is 0. The molecule has 1 heteroatoms. The van der Waals surface area contributed by atoms with Crippen LogP contribution in [-0.2, 0) is 4.79 Å². The van der Waals surface area contributed by atoms with Gasteiger partial charge in [0.15, 0.2) is 0 Å². The third-order valence-electron chi connectivity index (χ3n) is 4.94. The molecule has 4 atom stereocenters. The van der Waals surface area contributed by atoms with Gasteiger partial charge in [0, 0.05) is 11.3 Å². The Morgan fingerprint density at radius 1 is 1.31 bits per heavy atom. The van der Waals surface area contributed by atoms with Gasteiger partial charge in [-0.3, -0.25) is 4.79 Å². The van der Waals surface area contributed by atoms with E-state index in [1.807, 2.05) is 0 Å². The van der Waals surface area contributed by atoms with Gasteiger partial charge in [-0.2, -0.15) is 0 Å². The third kappa shape index (κ3) is 0.858. The lowest BCUT2D eigenvalue weighted by Crippen LogP contribution is -2.33. The van der Waals surface area contributed by atoms with Crippen LogP contribution >= 0.6 is 0 Å². The molecule has 0 heterocycles. The van der Waals surface area contributed by atoms with E-state index in [1.165, 1.54) is 38.5 Å². The topological polar surface area (TPSA) is 17.1 Å². The monoisotopic (exact) mass is 178 g/mol. The van der Waals surface area contributed by atoms with Gasteiger partial charge in [-0.05, 0) is 43.9 Å². The van der Waals surface area contributed by atoms with Crippen LogP contribution < -0.4 is 0 Å². The van der Waals surface area contributed by atoms with Crippen LogP contribution in [0.15, 0.2) is 0 Å². The molecule has 13 heavy (non-hydrogen) atoms. The van der Waals surface area contributed by atoms with E-state index in [0.29, 0.717) is 11.7 Å². The fraction of sp³-hybridized carbons (Fsp3) is 0.917. The van der Waals surface area contributed by atoms with E-state index < -0.39 is 0 Å².